The van der Waals surface area contributed by atoms with Crippen LogP contribution in [0.3, 0.4) is 0 Å². The molecule has 0 saturated carbocycles. The van der Waals surface area contributed by atoms with Crippen LogP contribution in [0.2, 0.25) is 5.02 Å². The summed E-state index contributed by atoms with van der Waals surface area (Å²) in [6, 6.07) is 22.9. The lowest BCUT2D eigenvalue weighted by Crippen LogP contribution is -2.46. The third-order valence-corrected chi connectivity index (χ3v) is 6.31. The summed E-state index contributed by atoms with van der Waals surface area (Å²) in [6.07, 6.45) is 0. The van der Waals surface area contributed by atoms with Crippen molar-refractivity contribution in [3.63, 3.8) is 0 Å². The number of nitrogens with zero attached hydrogens (tertiary/aromatic N) is 3. The van der Waals surface area contributed by atoms with Gasteiger partial charge in [-0.15, -0.1) is 0 Å². The molecule has 0 atom stereocenters. The summed E-state index contributed by atoms with van der Waals surface area (Å²) in [4.78, 5) is 4.95. The smallest absolute Gasteiger partial charge is 0.160 e. The highest BCUT2D eigenvalue weighted by atomic mass is 35.5. The highest BCUT2D eigenvalue weighted by molar-refractivity contribution is 6.30. The molecule has 0 aliphatic carbocycles. The fourth-order valence-electron chi connectivity index (χ4n) is 4.15. The van der Waals surface area contributed by atoms with Gasteiger partial charge in [0.25, 0.3) is 0 Å². The summed E-state index contributed by atoms with van der Waals surface area (Å²) < 4.78 is 0. The summed E-state index contributed by atoms with van der Waals surface area (Å²) in [5, 5.41) is 12.9. The molecule has 5 nitrogen and oxygen atoms in total. The van der Waals surface area contributed by atoms with Crippen molar-refractivity contribution in [2.75, 3.05) is 42.9 Å². The Labute approximate surface area is 187 Å². The Balaban J connectivity index is 1.31. The number of hydrogen-bond donors (Lipinski definition) is 2. The average Bonchev–Trinajstić information content (AvgIpc) is 3.22. The molecule has 1 fully saturated rings. The second-order valence-electron chi connectivity index (χ2n) is 7.93. The third-order valence-electron chi connectivity index (χ3n) is 6.06. The average molecular weight is 432 g/mol. The Hall–Kier alpha value is -3.02. The predicted octanol–water partition coefficient (Wildman–Crippen LogP) is 5.77. The maximum Gasteiger partial charge on any atom is 0.160 e. The SMILES string of the molecule is CCN1CCN(c2ccc(Nc3n[nH]c4cc(-c5ccc(Cl)cc5)ccc34)cc2)CC1. The zero-order chi connectivity index (χ0) is 21.2. The zero-order valence-electron chi connectivity index (χ0n) is 17.6. The van der Waals surface area contributed by atoms with Gasteiger partial charge in [-0.25, -0.2) is 0 Å². The van der Waals surface area contributed by atoms with Crippen LogP contribution >= 0.6 is 11.6 Å². The van der Waals surface area contributed by atoms with E-state index < -0.39 is 0 Å². The molecule has 0 spiro atoms. The molecule has 5 rings (SSSR count). The quantitative estimate of drug-likeness (QED) is 0.421. The van der Waals surface area contributed by atoms with Gasteiger partial charge >= 0.3 is 0 Å². The van der Waals surface area contributed by atoms with E-state index >= 15 is 0 Å². The van der Waals surface area contributed by atoms with Crippen molar-refractivity contribution in [2.24, 2.45) is 0 Å². The van der Waals surface area contributed by atoms with Crippen LogP contribution in [0, 0.1) is 0 Å². The Morgan fingerprint density at radius 2 is 1.61 bits per heavy atom. The van der Waals surface area contributed by atoms with Gasteiger partial charge in [-0.05, 0) is 66.2 Å². The van der Waals surface area contributed by atoms with Crippen LogP contribution in [0.4, 0.5) is 17.2 Å². The van der Waals surface area contributed by atoms with E-state index in [1.807, 2.05) is 24.3 Å². The molecule has 0 radical (unpaired) electrons. The van der Waals surface area contributed by atoms with Crippen LogP contribution in [0.25, 0.3) is 22.0 Å². The molecular formula is C25H26ClN5. The van der Waals surface area contributed by atoms with E-state index in [4.69, 9.17) is 11.6 Å². The molecule has 1 saturated heterocycles. The molecule has 0 amide bonds. The van der Waals surface area contributed by atoms with Crippen molar-refractivity contribution in [3.05, 3.63) is 71.8 Å². The van der Waals surface area contributed by atoms with Gasteiger partial charge in [0.15, 0.2) is 5.82 Å². The summed E-state index contributed by atoms with van der Waals surface area (Å²) in [5.41, 5.74) is 5.57. The van der Waals surface area contributed by atoms with E-state index in [1.54, 1.807) is 0 Å². The minimum Gasteiger partial charge on any atom is -0.369 e. The number of H-pyrrole nitrogens is 1. The molecule has 2 N–H and O–H groups in total. The molecule has 1 aliphatic rings. The lowest BCUT2D eigenvalue weighted by molar-refractivity contribution is 0.271. The first-order valence-electron chi connectivity index (χ1n) is 10.8. The third kappa shape index (κ3) is 4.24. The Morgan fingerprint density at radius 1 is 0.903 bits per heavy atom. The highest BCUT2D eigenvalue weighted by Crippen LogP contribution is 2.30. The minimum absolute atomic E-state index is 0.743. The predicted molar refractivity (Wildman–Crippen MR) is 131 cm³/mol. The number of benzene rings is 3. The van der Waals surface area contributed by atoms with Gasteiger partial charge in [0, 0.05) is 48.0 Å². The largest absolute Gasteiger partial charge is 0.369 e. The van der Waals surface area contributed by atoms with E-state index in [2.05, 4.69) is 74.7 Å². The maximum atomic E-state index is 6.01. The zero-order valence-corrected chi connectivity index (χ0v) is 18.4. The second kappa shape index (κ2) is 8.61. The number of nitrogens with one attached hydrogen (secondary N) is 2. The molecule has 3 aromatic carbocycles. The van der Waals surface area contributed by atoms with Gasteiger partial charge in [0.05, 0.1) is 5.52 Å². The number of halogens is 1. The standard InChI is InChI=1S/C25H26ClN5/c1-2-30-13-15-31(16-14-30)22-10-8-21(9-11-22)27-25-23-12-5-19(17-24(23)28-29-25)18-3-6-20(26)7-4-18/h3-12,17H,2,13-16H2,1H3,(H2,27,28,29). The Morgan fingerprint density at radius 3 is 2.32 bits per heavy atom. The first-order chi connectivity index (χ1) is 15.2. The van der Waals surface area contributed by atoms with E-state index in [1.165, 1.54) is 5.69 Å². The molecule has 6 heteroatoms. The van der Waals surface area contributed by atoms with Crippen molar-refractivity contribution >= 4 is 39.7 Å². The molecular weight excluding hydrogens is 406 g/mol. The van der Waals surface area contributed by atoms with E-state index in [9.17, 15) is 0 Å². The van der Waals surface area contributed by atoms with Crippen LogP contribution in [-0.4, -0.2) is 47.8 Å². The number of piperazine rings is 1. The first kappa shape index (κ1) is 19.9. The molecule has 0 unspecified atom stereocenters. The summed E-state index contributed by atoms with van der Waals surface area (Å²) in [7, 11) is 0. The summed E-state index contributed by atoms with van der Waals surface area (Å²) in [6.45, 7) is 7.80. The number of aromatic amines is 1. The van der Waals surface area contributed by atoms with Crippen LogP contribution in [0.1, 0.15) is 6.92 Å². The monoisotopic (exact) mass is 431 g/mol. The first-order valence-corrected chi connectivity index (χ1v) is 11.2. The molecule has 0 bridgehead atoms. The van der Waals surface area contributed by atoms with Crippen LogP contribution < -0.4 is 10.2 Å². The molecule has 1 aliphatic heterocycles. The number of hydrogen-bond acceptors (Lipinski definition) is 4. The maximum absolute atomic E-state index is 6.01. The van der Waals surface area contributed by atoms with E-state index in [0.29, 0.717) is 0 Å². The van der Waals surface area contributed by atoms with Gasteiger partial charge in [0.1, 0.15) is 0 Å². The fourth-order valence-corrected chi connectivity index (χ4v) is 4.28. The number of aromatic nitrogens is 2. The van der Waals surface area contributed by atoms with Crippen molar-refractivity contribution in [2.45, 2.75) is 6.92 Å². The van der Waals surface area contributed by atoms with Gasteiger partial charge in [-0.1, -0.05) is 36.7 Å². The Bertz CT molecular complexity index is 1160. The van der Waals surface area contributed by atoms with E-state index in [-0.39, 0.29) is 0 Å². The van der Waals surface area contributed by atoms with E-state index in [0.717, 1.165) is 71.3 Å². The van der Waals surface area contributed by atoms with Crippen molar-refractivity contribution in [3.8, 4) is 11.1 Å². The molecule has 4 aromatic rings. The van der Waals surface area contributed by atoms with Crippen LogP contribution in [-0.2, 0) is 0 Å². The fraction of sp³-hybridized carbons (Fsp3) is 0.240. The van der Waals surface area contributed by atoms with Gasteiger partial charge in [0.2, 0.25) is 0 Å². The summed E-state index contributed by atoms with van der Waals surface area (Å²) in [5.74, 6) is 0.835. The molecule has 158 valence electrons. The van der Waals surface area contributed by atoms with Crippen molar-refractivity contribution in [1.29, 1.82) is 0 Å². The van der Waals surface area contributed by atoms with Crippen molar-refractivity contribution in [1.82, 2.24) is 15.1 Å². The van der Waals surface area contributed by atoms with Gasteiger partial charge in [-0.2, -0.15) is 5.10 Å². The second-order valence-corrected chi connectivity index (χ2v) is 8.37. The number of likely N-dealkylation sites (N-methyl/N-ethyl adjacent to an activating group) is 1. The summed E-state index contributed by atoms with van der Waals surface area (Å²) >= 11 is 6.01. The lowest BCUT2D eigenvalue weighted by atomic mass is 10.0. The lowest BCUT2D eigenvalue weighted by Gasteiger charge is -2.35. The van der Waals surface area contributed by atoms with Gasteiger partial charge in [-0.3, -0.25) is 5.10 Å². The normalized spacial score (nSPS) is 14.8. The van der Waals surface area contributed by atoms with Crippen LogP contribution in [0.15, 0.2) is 66.7 Å². The van der Waals surface area contributed by atoms with Gasteiger partial charge < -0.3 is 15.1 Å². The highest BCUT2D eigenvalue weighted by Gasteiger charge is 2.16. The minimum atomic E-state index is 0.743. The number of fused-ring (bicyclic) bond motifs is 1. The number of rotatable bonds is 5. The topological polar surface area (TPSA) is 47.2 Å². The molecule has 1 aromatic heterocycles. The van der Waals surface area contributed by atoms with Crippen LogP contribution in [0.5, 0.6) is 0 Å². The number of anilines is 3. The Kier molecular flexibility index (Phi) is 5.53. The molecule has 31 heavy (non-hydrogen) atoms. The molecule has 2 heterocycles. The van der Waals surface area contributed by atoms with Crippen molar-refractivity contribution < 1.29 is 0 Å².